The summed E-state index contributed by atoms with van der Waals surface area (Å²) in [4.78, 5) is 23.0. The van der Waals surface area contributed by atoms with E-state index in [1.165, 1.54) is 6.08 Å². The first kappa shape index (κ1) is 17.8. The number of unbranched alkanes of at least 4 members (excludes halogenated alkanes) is 2. The van der Waals surface area contributed by atoms with E-state index in [9.17, 15) is 9.59 Å². The minimum Gasteiger partial charge on any atom is -0.410 e. The first-order valence-corrected chi connectivity index (χ1v) is 7.57. The van der Waals surface area contributed by atoms with E-state index in [0.29, 0.717) is 11.4 Å². The number of carbonyl (C=O) groups excluding carboxylic acids is 2. The molecule has 1 aromatic carbocycles. The summed E-state index contributed by atoms with van der Waals surface area (Å²) >= 11 is 0. The van der Waals surface area contributed by atoms with E-state index in [1.54, 1.807) is 24.3 Å². The van der Waals surface area contributed by atoms with Gasteiger partial charge in [0.1, 0.15) is 5.75 Å². The van der Waals surface area contributed by atoms with Crippen LogP contribution in [-0.4, -0.2) is 18.0 Å². The summed E-state index contributed by atoms with van der Waals surface area (Å²) in [5.41, 5.74) is 0.547. The van der Waals surface area contributed by atoms with Crippen LogP contribution >= 0.6 is 0 Å². The van der Waals surface area contributed by atoms with E-state index in [2.05, 4.69) is 24.1 Å². The van der Waals surface area contributed by atoms with Crippen molar-refractivity contribution in [1.82, 2.24) is 5.32 Å². The molecule has 0 fully saturated rings. The third kappa shape index (κ3) is 6.92. The Morgan fingerprint density at radius 1 is 1.36 bits per heavy atom. The minimum atomic E-state index is -0.490. The molecule has 0 aliphatic heterocycles. The van der Waals surface area contributed by atoms with Crippen molar-refractivity contribution in [2.75, 3.05) is 5.32 Å². The fraction of sp³-hybridized carbons (Fsp3) is 0.412. The zero-order valence-corrected chi connectivity index (χ0v) is 13.2. The highest BCUT2D eigenvalue weighted by molar-refractivity contribution is 5.99. The van der Waals surface area contributed by atoms with Crippen LogP contribution in [0.15, 0.2) is 36.9 Å². The third-order valence-electron chi connectivity index (χ3n) is 3.10. The van der Waals surface area contributed by atoms with Gasteiger partial charge in [0.05, 0.1) is 0 Å². The molecule has 120 valence electrons. The molecule has 1 rings (SSSR count). The summed E-state index contributed by atoms with van der Waals surface area (Å²) in [5, 5.41) is 5.41. The summed E-state index contributed by atoms with van der Waals surface area (Å²) in [6.07, 6.45) is 5.01. The highest BCUT2D eigenvalue weighted by Crippen LogP contribution is 2.17. The number of hydrogen-bond acceptors (Lipinski definition) is 3. The van der Waals surface area contributed by atoms with Crippen LogP contribution in [0.4, 0.5) is 10.5 Å². The Bertz CT molecular complexity index is 514. The van der Waals surface area contributed by atoms with Crippen molar-refractivity contribution in [3.63, 3.8) is 0 Å². The molecule has 5 nitrogen and oxygen atoms in total. The quantitative estimate of drug-likeness (QED) is 0.566. The zero-order chi connectivity index (χ0) is 16.4. The summed E-state index contributed by atoms with van der Waals surface area (Å²) in [6, 6.07) is 6.72. The van der Waals surface area contributed by atoms with Crippen LogP contribution in [0, 0.1) is 0 Å². The molecular formula is C17H24N2O3. The molecule has 0 bridgehead atoms. The van der Waals surface area contributed by atoms with Crippen LogP contribution in [0.5, 0.6) is 5.75 Å². The second-order valence-electron chi connectivity index (χ2n) is 5.15. The lowest BCUT2D eigenvalue weighted by Gasteiger charge is -2.14. The van der Waals surface area contributed by atoms with E-state index in [0.717, 1.165) is 25.7 Å². The lowest BCUT2D eigenvalue weighted by Crippen LogP contribution is -2.34. The number of hydrogen-bond donors (Lipinski definition) is 2. The molecule has 0 saturated carbocycles. The molecule has 0 aliphatic carbocycles. The van der Waals surface area contributed by atoms with Crippen molar-refractivity contribution < 1.29 is 14.3 Å². The number of benzene rings is 1. The van der Waals surface area contributed by atoms with E-state index in [1.807, 2.05) is 6.92 Å². The Kier molecular flexibility index (Phi) is 7.75. The summed E-state index contributed by atoms with van der Waals surface area (Å²) in [6.45, 7) is 7.48. The maximum Gasteiger partial charge on any atom is 0.412 e. The normalized spacial score (nSPS) is 11.4. The second kappa shape index (κ2) is 9.60. The fourth-order valence-corrected chi connectivity index (χ4v) is 1.94. The molecule has 1 atom stereocenters. The van der Waals surface area contributed by atoms with Crippen molar-refractivity contribution in [1.29, 1.82) is 0 Å². The van der Waals surface area contributed by atoms with Crippen LogP contribution in [-0.2, 0) is 4.79 Å². The van der Waals surface area contributed by atoms with Gasteiger partial charge in [-0.2, -0.15) is 0 Å². The van der Waals surface area contributed by atoms with Gasteiger partial charge >= 0.3 is 6.09 Å². The molecule has 2 amide bonds. The number of carbonyl (C=O) groups is 2. The second-order valence-corrected chi connectivity index (χ2v) is 5.15. The van der Waals surface area contributed by atoms with Crippen molar-refractivity contribution in [2.24, 2.45) is 0 Å². The number of rotatable bonds is 8. The van der Waals surface area contributed by atoms with Gasteiger partial charge in [0.15, 0.2) is 0 Å². The fourth-order valence-electron chi connectivity index (χ4n) is 1.94. The first-order chi connectivity index (χ1) is 10.5. The van der Waals surface area contributed by atoms with Gasteiger partial charge in [-0.05, 0) is 31.6 Å². The Hall–Kier alpha value is -2.30. The van der Waals surface area contributed by atoms with Gasteiger partial charge in [0, 0.05) is 17.8 Å². The van der Waals surface area contributed by atoms with Gasteiger partial charge in [-0.1, -0.05) is 38.8 Å². The van der Waals surface area contributed by atoms with Crippen molar-refractivity contribution >= 4 is 17.7 Å². The molecule has 1 aromatic rings. The molecule has 5 heteroatoms. The Labute approximate surface area is 131 Å². The SMILES string of the molecule is C=CC(=O)Nc1cccc(OC(=O)NC(C)CCCCC)c1. The highest BCUT2D eigenvalue weighted by Gasteiger charge is 2.09. The summed E-state index contributed by atoms with van der Waals surface area (Å²) in [5.74, 6) is 0.0614. The minimum absolute atomic E-state index is 0.0719. The zero-order valence-electron chi connectivity index (χ0n) is 13.2. The predicted molar refractivity (Wildman–Crippen MR) is 88.0 cm³/mol. The van der Waals surface area contributed by atoms with Crippen molar-refractivity contribution in [2.45, 2.75) is 45.6 Å². The van der Waals surface area contributed by atoms with E-state index < -0.39 is 6.09 Å². The highest BCUT2D eigenvalue weighted by atomic mass is 16.6. The van der Waals surface area contributed by atoms with Gasteiger partial charge in [0.2, 0.25) is 5.91 Å². The molecule has 0 radical (unpaired) electrons. The van der Waals surface area contributed by atoms with Gasteiger partial charge < -0.3 is 15.4 Å². The number of amides is 2. The van der Waals surface area contributed by atoms with Gasteiger partial charge in [-0.3, -0.25) is 4.79 Å². The first-order valence-electron chi connectivity index (χ1n) is 7.57. The van der Waals surface area contributed by atoms with Crippen LogP contribution in [0.3, 0.4) is 0 Å². The number of nitrogens with one attached hydrogen (secondary N) is 2. The lowest BCUT2D eigenvalue weighted by atomic mass is 10.1. The Balaban J connectivity index is 2.48. The lowest BCUT2D eigenvalue weighted by molar-refractivity contribution is -0.111. The van der Waals surface area contributed by atoms with Crippen LogP contribution in [0.2, 0.25) is 0 Å². The standard InChI is InChI=1S/C17H24N2O3/c1-4-6-7-9-13(3)18-17(21)22-15-11-8-10-14(12-15)19-16(20)5-2/h5,8,10-13H,2,4,6-7,9H2,1,3H3,(H,18,21)(H,19,20). The Morgan fingerprint density at radius 2 is 2.14 bits per heavy atom. The van der Waals surface area contributed by atoms with Gasteiger partial charge in [-0.15, -0.1) is 0 Å². The van der Waals surface area contributed by atoms with E-state index in [4.69, 9.17) is 4.74 Å². The largest absolute Gasteiger partial charge is 0.412 e. The van der Waals surface area contributed by atoms with E-state index in [-0.39, 0.29) is 11.9 Å². The van der Waals surface area contributed by atoms with Gasteiger partial charge in [0.25, 0.3) is 0 Å². The molecule has 0 spiro atoms. The monoisotopic (exact) mass is 304 g/mol. The number of anilines is 1. The smallest absolute Gasteiger partial charge is 0.410 e. The molecule has 1 unspecified atom stereocenters. The molecule has 2 N–H and O–H groups in total. The van der Waals surface area contributed by atoms with Crippen molar-refractivity contribution in [3.8, 4) is 5.75 Å². The van der Waals surface area contributed by atoms with Crippen molar-refractivity contribution in [3.05, 3.63) is 36.9 Å². The van der Waals surface area contributed by atoms with Crippen LogP contribution in [0.1, 0.15) is 39.5 Å². The Morgan fingerprint density at radius 3 is 2.82 bits per heavy atom. The van der Waals surface area contributed by atoms with Gasteiger partial charge in [-0.25, -0.2) is 4.79 Å². The predicted octanol–water partition coefficient (Wildman–Crippen LogP) is 3.87. The van der Waals surface area contributed by atoms with E-state index >= 15 is 0 Å². The maximum absolute atomic E-state index is 11.8. The molecule has 22 heavy (non-hydrogen) atoms. The average Bonchev–Trinajstić information content (AvgIpc) is 2.47. The summed E-state index contributed by atoms with van der Waals surface area (Å²) in [7, 11) is 0. The summed E-state index contributed by atoms with van der Waals surface area (Å²) < 4.78 is 5.22. The third-order valence-corrected chi connectivity index (χ3v) is 3.10. The van der Waals surface area contributed by atoms with Crippen LogP contribution < -0.4 is 15.4 Å². The molecule has 0 aliphatic rings. The molecule has 0 aromatic heterocycles. The molecular weight excluding hydrogens is 280 g/mol. The van der Waals surface area contributed by atoms with Crippen LogP contribution in [0.25, 0.3) is 0 Å². The molecule has 0 heterocycles. The average molecular weight is 304 g/mol. The maximum atomic E-state index is 11.8. The number of ether oxygens (including phenoxy) is 1. The molecule has 0 saturated heterocycles. The topological polar surface area (TPSA) is 67.4 Å².